The minimum Gasteiger partial charge on any atom is -0.286 e. The first-order chi connectivity index (χ1) is 7.43. The van der Waals surface area contributed by atoms with Crippen LogP contribution in [0.5, 0.6) is 0 Å². The van der Waals surface area contributed by atoms with E-state index in [0.29, 0.717) is 5.56 Å². The predicted octanol–water partition coefficient (Wildman–Crippen LogP) is 2.18. The van der Waals surface area contributed by atoms with Crippen LogP contribution in [0.3, 0.4) is 0 Å². The fourth-order valence-corrected chi connectivity index (χ4v) is 2.01. The van der Waals surface area contributed by atoms with Crippen LogP contribution in [-0.2, 0) is 0 Å². The third-order valence-electron chi connectivity index (χ3n) is 3.52. The molecule has 0 bridgehead atoms. The highest BCUT2D eigenvalue weighted by Crippen LogP contribution is 2.27. The van der Waals surface area contributed by atoms with E-state index in [4.69, 9.17) is 0 Å². The van der Waals surface area contributed by atoms with Crippen LogP contribution in [0.4, 0.5) is 0 Å². The van der Waals surface area contributed by atoms with E-state index in [-0.39, 0.29) is 10.9 Å². The molecule has 0 aliphatic heterocycles. The fourth-order valence-electron chi connectivity index (χ4n) is 2.01. The Bertz CT molecular complexity index is 641. The second-order valence-electron chi connectivity index (χ2n) is 4.37. The van der Waals surface area contributed by atoms with Gasteiger partial charge in [0, 0.05) is 11.6 Å². The second-order valence-corrected chi connectivity index (χ2v) is 4.37. The lowest BCUT2D eigenvalue weighted by Gasteiger charge is -2.14. The summed E-state index contributed by atoms with van der Waals surface area (Å²) >= 11 is 0. The van der Waals surface area contributed by atoms with Gasteiger partial charge in [0.25, 0.3) is 0 Å². The lowest BCUT2D eigenvalue weighted by molar-refractivity contribution is 1.21. The van der Waals surface area contributed by atoms with Gasteiger partial charge in [0.1, 0.15) is 0 Å². The molecule has 2 heteroatoms. The van der Waals surface area contributed by atoms with Crippen LogP contribution in [0, 0.1) is 27.7 Å². The number of rotatable bonds is 1. The van der Waals surface area contributed by atoms with E-state index in [1.165, 1.54) is 17.2 Å². The number of hydrogen-bond acceptors (Lipinski definition) is 2. The van der Waals surface area contributed by atoms with E-state index in [0.717, 1.165) is 16.7 Å². The Kier molecular flexibility index (Phi) is 2.30. The van der Waals surface area contributed by atoms with Crippen molar-refractivity contribution in [3.8, 4) is 11.1 Å². The first kappa shape index (κ1) is 10.8. The lowest BCUT2D eigenvalue weighted by Crippen LogP contribution is -2.31. The third-order valence-corrected chi connectivity index (χ3v) is 3.52. The molecule has 0 N–H and O–H groups in total. The Morgan fingerprint density at radius 3 is 1.88 bits per heavy atom. The molecule has 0 aliphatic carbocycles. The first-order valence-electron chi connectivity index (χ1n) is 5.31. The van der Waals surface area contributed by atoms with Crippen LogP contribution in [0.15, 0.2) is 21.7 Å². The summed E-state index contributed by atoms with van der Waals surface area (Å²) in [6.07, 6.45) is 0. The maximum atomic E-state index is 11.4. The summed E-state index contributed by atoms with van der Waals surface area (Å²) in [5.74, 6) is 0. The van der Waals surface area contributed by atoms with Crippen molar-refractivity contribution in [1.29, 1.82) is 0 Å². The monoisotopic (exact) mass is 214 g/mol. The van der Waals surface area contributed by atoms with E-state index in [1.807, 2.05) is 26.8 Å². The normalized spacial score (nSPS) is 11.0. The molecule has 0 radical (unpaired) electrons. The average Bonchev–Trinajstić information content (AvgIpc) is 2.28. The molecule has 0 aliphatic rings. The van der Waals surface area contributed by atoms with Gasteiger partial charge in [0.2, 0.25) is 10.9 Å². The molecule has 2 aromatic carbocycles. The van der Waals surface area contributed by atoms with Gasteiger partial charge in [-0.25, -0.2) is 0 Å². The highest BCUT2D eigenvalue weighted by molar-refractivity contribution is 5.72. The van der Waals surface area contributed by atoms with Crippen LogP contribution in [0.2, 0.25) is 0 Å². The summed E-state index contributed by atoms with van der Waals surface area (Å²) in [6, 6.07) is 3.42. The van der Waals surface area contributed by atoms with Crippen LogP contribution in [0.1, 0.15) is 22.3 Å². The minimum atomic E-state index is -0.384. The van der Waals surface area contributed by atoms with Gasteiger partial charge in [0.15, 0.2) is 0 Å². The molecule has 2 rings (SSSR count). The zero-order chi connectivity index (χ0) is 12.0. The van der Waals surface area contributed by atoms with Gasteiger partial charge in [-0.05, 0) is 55.5 Å². The molecular weight excluding hydrogens is 200 g/mol. The van der Waals surface area contributed by atoms with Crippen LogP contribution in [0.25, 0.3) is 11.1 Å². The molecule has 0 unspecified atom stereocenters. The van der Waals surface area contributed by atoms with Crippen molar-refractivity contribution in [2.45, 2.75) is 27.7 Å². The molecular formula is C14H14O2. The Hall–Kier alpha value is -1.70. The lowest BCUT2D eigenvalue weighted by atomic mass is 9.89. The molecule has 16 heavy (non-hydrogen) atoms. The van der Waals surface area contributed by atoms with Crippen molar-refractivity contribution in [3.05, 3.63) is 54.8 Å². The topological polar surface area (TPSA) is 34.1 Å². The highest BCUT2D eigenvalue weighted by Gasteiger charge is 2.16. The second kappa shape index (κ2) is 3.41. The molecule has 0 amide bonds. The van der Waals surface area contributed by atoms with Gasteiger partial charge < -0.3 is 0 Å². The summed E-state index contributed by atoms with van der Waals surface area (Å²) < 4.78 is 0. The molecule has 0 fully saturated rings. The molecule has 2 nitrogen and oxygen atoms in total. The summed E-state index contributed by atoms with van der Waals surface area (Å²) in [7, 11) is 0. The summed E-state index contributed by atoms with van der Waals surface area (Å²) in [5.41, 5.74) is 5.43. The highest BCUT2D eigenvalue weighted by atomic mass is 16.2. The Morgan fingerprint density at radius 2 is 1.38 bits per heavy atom. The standard InChI is InChI=1S/C14H14O2/c1-7-5-11(10(4)9(3)8(7)2)12-6-13(15)14(12)16/h5-6H,1-4H3. The zero-order valence-electron chi connectivity index (χ0n) is 9.97. The third kappa shape index (κ3) is 1.33. The van der Waals surface area contributed by atoms with E-state index < -0.39 is 0 Å². The molecule has 0 atom stereocenters. The van der Waals surface area contributed by atoms with Crippen molar-refractivity contribution < 1.29 is 0 Å². The van der Waals surface area contributed by atoms with Crippen molar-refractivity contribution in [1.82, 2.24) is 0 Å². The quantitative estimate of drug-likeness (QED) is 0.682. The van der Waals surface area contributed by atoms with E-state index in [1.54, 1.807) is 0 Å². The number of aryl methyl sites for hydroxylation is 1. The number of hydrogen-bond donors (Lipinski definition) is 0. The van der Waals surface area contributed by atoms with Crippen molar-refractivity contribution >= 4 is 0 Å². The van der Waals surface area contributed by atoms with E-state index in [9.17, 15) is 9.59 Å². The Labute approximate surface area is 94.3 Å². The van der Waals surface area contributed by atoms with Gasteiger partial charge >= 0.3 is 0 Å². The van der Waals surface area contributed by atoms with Gasteiger partial charge in [0.05, 0.1) is 0 Å². The maximum absolute atomic E-state index is 11.4. The van der Waals surface area contributed by atoms with E-state index in [2.05, 4.69) is 6.92 Å². The first-order valence-corrected chi connectivity index (χ1v) is 5.31. The Balaban J connectivity index is 2.74. The molecule has 82 valence electrons. The van der Waals surface area contributed by atoms with Gasteiger partial charge in [-0.15, -0.1) is 0 Å². The van der Waals surface area contributed by atoms with Crippen molar-refractivity contribution in [3.63, 3.8) is 0 Å². The van der Waals surface area contributed by atoms with Crippen molar-refractivity contribution in [2.75, 3.05) is 0 Å². The largest absolute Gasteiger partial charge is 0.286 e. The van der Waals surface area contributed by atoms with E-state index >= 15 is 0 Å². The predicted molar refractivity (Wildman–Crippen MR) is 65.7 cm³/mol. The van der Waals surface area contributed by atoms with Crippen LogP contribution < -0.4 is 10.9 Å². The molecule has 0 heterocycles. The molecule has 0 aromatic heterocycles. The molecule has 0 spiro atoms. The average molecular weight is 214 g/mol. The van der Waals surface area contributed by atoms with Gasteiger partial charge in [-0.2, -0.15) is 0 Å². The van der Waals surface area contributed by atoms with Gasteiger partial charge in [-0.3, -0.25) is 9.59 Å². The molecule has 0 saturated carbocycles. The van der Waals surface area contributed by atoms with Crippen LogP contribution in [-0.4, -0.2) is 0 Å². The summed E-state index contributed by atoms with van der Waals surface area (Å²) in [5, 5.41) is 0. The number of benzene rings is 1. The molecule has 0 saturated heterocycles. The summed E-state index contributed by atoms with van der Waals surface area (Å²) in [6.45, 7) is 8.14. The SMILES string of the molecule is Cc1cc(-c2cc(=O)c2=O)c(C)c(C)c1C. The van der Waals surface area contributed by atoms with Crippen molar-refractivity contribution in [2.24, 2.45) is 0 Å². The molecule has 2 aromatic rings. The maximum Gasteiger partial charge on any atom is 0.233 e. The minimum absolute atomic E-state index is 0.356. The smallest absolute Gasteiger partial charge is 0.233 e. The summed E-state index contributed by atoms with van der Waals surface area (Å²) in [4.78, 5) is 22.3. The zero-order valence-corrected chi connectivity index (χ0v) is 9.97. The Morgan fingerprint density at radius 1 is 0.750 bits per heavy atom. The van der Waals surface area contributed by atoms with Gasteiger partial charge in [-0.1, -0.05) is 6.07 Å². The van der Waals surface area contributed by atoms with Crippen LogP contribution >= 0.6 is 0 Å². The fraction of sp³-hybridized carbons (Fsp3) is 0.286.